The van der Waals surface area contributed by atoms with Crippen LogP contribution in [0, 0.1) is 12.3 Å². The lowest BCUT2D eigenvalue weighted by atomic mass is 10.1. The Hall–Kier alpha value is -5.01. The Morgan fingerprint density at radius 2 is 1.77 bits per heavy atom. The van der Waals surface area contributed by atoms with Crippen molar-refractivity contribution in [3.8, 4) is 23.8 Å². The largest absolute Gasteiger partial charge is 0.497 e. The number of ether oxygens (including phenoxy) is 3. The molecule has 1 aliphatic heterocycles. The van der Waals surface area contributed by atoms with E-state index in [4.69, 9.17) is 20.6 Å². The van der Waals surface area contributed by atoms with Crippen molar-refractivity contribution in [2.75, 3.05) is 62.6 Å². The number of aromatic nitrogens is 2. The highest BCUT2D eigenvalue weighted by molar-refractivity contribution is 5.97. The van der Waals surface area contributed by atoms with E-state index in [1.807, 2.05) is 32.1 Å². The van der Waals surface area contributed by atoms with E-state index in [0.29, 0.717) is 34.5 Å². The number of allylic oxidation sites excluding steroid dienone is 3. The zero-order valence-corrected chi connectivity index (χ0v) is 25.5. The van der Waals surface area contributed by atoms with E-state index in [2.05, 4.69) is 50.2 Å². The van der Waals surface area contributed by atoms with Crippen LogP contribution in [0.25, 0.3) is 0 Å². The number of amides is 1. The molecule has 0 spiro atoms. The van der Waals surface area contributed by atoms with Gasteiger partial charge in [0.15, 0.2) is 0 Å². The van der Waals surface area contributed by atoms with Crippen LogP contribution in [0.2, 0.25) is 0 Å². The van der Waals surface area contributed by atoms with Crippen molar-refractivity contribution >= 4 is 34.9 Å². The van der Waals surface area contributed by atoms with Gasteiger partial charge < -0.3 is 29.3 Å². The van der Waals surface area contributed by atoms with E-state index in [9.17, 15) is 4.79 Å². The molecule has 2 aromatic carbocycles. The average molecular weight is 583 g/mol. The van der Waals surface area contributed by atoms with Crippen LogP contribution >= 0.6 is 0 Å². The molecule has 1 N–H and O–H groups in total. The van der Waals surface area contributed by atoms with Crippen LogP contribution in [-0.4, -0.2) is 68.4 Å². The van der Waals surface area contributed by atoms with Gasteiger partial charge in [0.25, 0.3) is 0 Å². The SMILES string of the molecule is C#C/C(C)=C(OC(=O)N(c1ccnc(Nc2ccc(N3CCN(C)CC3)cc2)n1)c1ccc(OC)cc1OC)\C(C)=C/C. The van der Waals surface area contributed by atoms with Gasteiger partial charge in [0.1, 0.15) is 23.1 Å². The van der Waals surface area contributed by atoms with Crippen molar-refractivity contribution < 1.29 is 19.0 Å². The van der Waals surface area contributed by atoms with Gasteiger partial charge in [-0.05, 0) is 69.8 Å². The van der Waals surface area contributed by atoms with Crippen molar-refractivity contribution in [2.24, 2.45) is 0 Å². The molecule has 43 heavy (non-hydrogen) atoms. The van der Waals surface area contributed by atoms with Gasteiger partial charge in [-0.1, -0.05) is 12.0 Å². The molecule has 1 saturated heterocycles. The van der Waals surface area contributed by atoms with Gasteiger partial charge in [0.2, 0.25) is 5.95 Å². The molecule has 3 aromatic rings. The maximum absolute atomic E-state index is 13.9. The number of anilines is 5. The fourth-order valence-electron chi connectivity index (χ4n) is 4.55. The third-order valence-electron chi connectivity index (χ3n) is 7.21. The number of carbonyl (C=O) groups excluding carboxylic acids is 1. The maximum atomic E-state index is 13.9. The van der Waals surface area contributed by atoms with E-state index in [-0.39, 0.29) is 5.82 Å². The topological polar surface area (TPSA) is 92.3 Å². The van der Waals surface area contributed by atoms with Gasteiger partial charge in [0.05, 0.1) is 19.9 Å². The molecule has 0 aliphatic carbocycles. The lowest BCUT2D eigenvalue weighted by Crippen LogP contribution is -2.44. The molecule has 1 aromatic heterocycles. The van der Waals surface area contributed by atoms with Crippen LogP contribution in [0.15, 0.2) is 77.7 Å². The van der Waals surface area contributed by atoms with Crippen molar-refractivity contribution in [2.45, 2.75) is 20.8 Å². The molecule has 0 unspecified atom stereocenters. The van der Waals surface area contributed by atoms with Gasteiger partial charge in [-0.25, -0.2) is 14.7 Å². The van der Waals surface area contributed by atoms with E-state index >= 15 is 0 Å². The summed E-state index contributed by atoms with van der Waals surface area (Å²) >= 11 is 0. The van der Waals surface area contributed by atoms with Gasteiger partial charge in [-0.2, -0.15) is 4.98 Å². The number of terminal acetylenes is 1. The summed E-state index contributed by atoms with van der Waals surface area (Å²) in [6, 6.07) is 14.9. The Morgan fingerprint density at radius 1 is 1.05 bits per heavy atom. The summed E-state index contributed by atoms with van der Waals surface area (Å²) in [5.74, 6) is 4.36. The van der Waals surface area contributed by atoms with Gasteiger partial charge in [-0.15, -0.1) is 6.42 Å². The second kappa shape index (κ2) is 14.2. The second-order valence-corrected chi connectivity index (χ2v) is 10.0. The number of hydrogen-bond donors (Lipinski definition) is 1. The third-order valence-corrected chi connectivity index (χ3v) is 7.21. The Labute approximate surface area is 253 Å². The third kappa shape index (κ3) is 7.45. The standard InChI is InChI=1S/C33H38N6O4/c1-8-23(3)31(24(4)9-2)43-33(40)39(28-15-14-27(41-6)22-29(28)42-7)30-16-17-34-32(36-30)35-25-10-12-26(13-11-25)38-20-18-37(5)19-21-38/h1,9-17,22H,18-21H2,2-7H3,(H,34,35,36)/b24-9-,31-23+. The number of benzene rings is 2. The summed E-state index contributed by atoms with van der Waals surface area (Å²) in [6.45, 7) is 9.43. The predicted molar refractivity (Wildman–Crippen MR) is 171 cm³/mol. The zero-order valence-electron chi connectivity index (χ0n) is 25.5. The molecule has 0 radical (unpaired) electrons. The highest BCUT2D eigenvalue weighted by Gasteiger charge is 2.27. The molecule has 4 rings (SSSR count). The number of nitrogens with zero attached hydrogens (tertiary/aromatic N) is 5. The van der Waals surface area contributed by atoms with Crippen LogP contribution in [-0.2, 0) is 4.74 Å². The molecule has 10 nitrogen and oxygen atoms in total. The van der Waals surface area contributed by atoms with Crippen molar-refractivity contribution in [1.82, 2.24) is 14.9 Å². The second-order valence-electron chi connectivity index (χ2n) is 10.0. The summed E-state index contributed by atoms with van der Waals surface area (Å²) in [5.41, 5.74) is 3.57. The van der Waals surface area contributed by atoms with Crippen molar-refractivity contribution in [3.05, 3.63) is 77.7 Å². The highest BCUT2D eigenvalue weighted by atomic mass is 16.6. The predicted octanol–water partition coefficient (Wildman–Crippen LogP) is 6.14. The van der Waals surface area contributed by atoms with E-state index in [0.717, 1.165) is 43.1 Å². The van der Waals surface area contributed by atoms with Crippen LogP contribution in [0.5, 0.6) is 11.5 Å². The normalized spacial score (nSPS) is 14.3. The van der Waals surface area contributed by atoms with Crippen LogP contribution in [0.1, 0.15) is 20.8 Å². The van der Waals surface area contributed by atoms with Crippen molar-refractivity contribution in [3.63, 3.8) is 0 Å². The lowest BCUT2D eigenvalue weighted by Gasteiger charge is -2.34. The fourth-order valence-corrected chi connectivity index (χ4v) is 4.55. The summed E-state index contributed by atoms with van der Waals surface area (Å²) in [4.78, 5) is 29.0. The summed E-state index contributed by atoms with van der Waals surface area (Å²) in [5, 5.41) is 3.25. The minimum absolute atomic E-state index is 0.260. The Kier molecular flexibility index (Phi) is 10.3. The van der Waals surface area contributed by atoms with Crippen LogP contribution in [0.4, 0.5) is 33.6 Å². The number of likely N-dealkylation sites (N-methyl/N-ethyl adjacent to an activating group) is 1. The van der Waals surface area contributed by atoms with Crippen LogP contribution in [0.3, 0.4) is 0 Å². The van der Waals surface area contributed by atoms with E-state index in [1.54, 1.807) is 44.5 Å². The molecule has 0 bridgehead atoms. The van der Waals surface area contributed by atoms with E-state index < -0.39 is 6.09 Å². The van der Waals surface area contributed by atoms with Crippen LogP contribution < -0.4 is 24.6 Å². The van der Waals surface area contributed by atoms with Gasteiger partial charge in [0, 0.05) is 61.5 Å². The zero-order chi connectivity index (χ0) is 30.9. The first-order chi connectivity index (χ1) is 20.8. The molecule has 0 saturated carbocycles. The highest BCUT2D eigenvalue weighted by Crippen LogP contribution is 2.37. The first kappa shape index (κ1) is 30.9. The summed E-state index contributed by atoms with van der Waals surface area (Å²) in [6.07, 6.45) is 8.33. The lowest BCUT2D eigenvalue weighted by molar-refractivity contribution is 0.187. The molecule has 0 atom stereocenters. The number of rotatable bonds is 9. The minimum atomic E-state index is -0.726. The fraction of sp³-hybridized carbons (Fsp3) is 0.303. The smallest absolute Gasteiger partial charge is 0.425 e. The molecule has 224 valence electrons. The van der Waals surface area contributed by atoms with Gasteiger partial charge >= 0.3 is 6.09 Å². The summed E-state index contributed by atoms with van der Waals surface area (Å²) < 4.78 is 16.9. The minimum Gasteiger partial charge on any atom is -0.497 e. The maximum Gasteiger partial charge on any atom is 0.425 e. The number of methoxy groups -OCH3 is 2. The quantitative estimate of drug-likeness (QED) is 0.182. The first-order valence-electron chi connectivity index (χ1n) is 14.0. The van der Waals surface area contributed by atoms with Crippen molar-refractivity contribution in [1.29, 1.82) is 0 Å². The summed E-state index contributed by atoms with van der Waals surface area (Å²) in [7, 11) is 5.21. The monoisotopic (exact) mass is 582 g/mol. The average Bonchev–Trinajstić information content (AvgIpc) is 3.04. The molecular formula is C33H38N6O4. The Morgan fingerprint density at radius 3 is 2.40 bits per heavy atom. The van der Waals surface area contributed by atoms with E-state index in [1.165, 1.54) is 12.0 Å². The molecular weight excluding hydrogens is 544 g/mol. The molecule has 1 amide bonds. The molecule has 1 aliphatic rings. The number of nitrogens with one attached hydrogen (secondary N) is 1. The number of carbonyl (C=O) groups is 1. The molecule has 1 fully saturated rings. The molecule has 10 heteroatoms. The Bertz CT molecular complexity index is 1540. The van der Waals surface area contributed by atoms with Gasteiger partial charge in [-0.3, -0.25) is 0 Å². The first-order valence-corrected chi connectivity index (χ1v) is 14.0. The number of piperazine rings is 1. The molecule has 2 heterocycles. The number of hydrogen-bond acceptors (Lipinski definition) is 9. The Balaban J connectivity index is 1.67.